The third-order valence-corrected chi connectivity index (χ3v) is 4.94. The van der Waals surface area contributed by atoms with Gasteiger partial charge in [0.25, 0.3) is 5.91 Å². The van der Waals surface area contributed by atoms with Crippen molar-refractivity contribution in [1.82, 2.24) is 14.8 Å². The van der Waals surface area contributed by atoms with Gasteiger partial charge in [-0.2, -0.15) is 0 Å². The van der Waals surface area contributed by atoms with Gasteiger partial charge in [0.05, 0.1) is 0 Å². The monoisotopic (exact) mass is 280 g/mol. The van der Waals surface area contributed by atoms with E-state index in [1.165, 1.54) is 37.1 Å². The van der Waals surface area contributed by atoms with Crippen molar-refractivity contribution in [3.05, 3.63) is 16.1 Å². The molecule has 1 atom stereocenters. The van der Waals surface area contributed by atoms with Crippen LogP contribution in [0.3, 0.4) is 0 Å². The Kier molecular flexibility index (Phi) is 3.81. The van der Waals surface area contributed by atoms with Gasteiger partial charge >= 0.3 is 0 Å². The van der Waals surface area contributed by atoms with E-state index in [1.54, 1.807) is 0 Å². The molecule has 0 saturated carbocycles. The molecule has 2 saturated heterocycles. The molecule has 104 valence electrons. The van der Waals surface area contributed by atoms with Crippen LogP contribution in [-0.2, 0) is 6.54 Å². The van der Waals surface area contributed by atoms with Gasteiger partial charge < -0.3 is 10.6 Å². The molecule has 3 heterocycles. The van der Waals surface area contributed by atoms with Gasteiger partial charge in [0.2, 0.25) is 0 Å². The standard InChI is InChI=1S/C13H20N4OS/c14-7-12-15-11(9-19-12)13(18)17-6-5-16-4-2-1-3-10(16)8-17/h9-10H,1-8,14H2. The molecule has 2 N–H and O–H groups in total. The molecule has 2 aliphatic heterocycles. The van der Waals surface area contributed by atoms with Crippen LogP contribution >= 0.6 is 11.3 Å². The van der Waals surface area contributed by atoms with Gasteiger partial charge in [-0.05, 0) is 19.4 Å². The molecule has 1 amide bonds. The highest BCUT2D eigenvalue weighted by Crippen LogP contribution is 2.22. The lowest BCUT2D eigenvalue weighted by Crippen LogP contribution is -2.56. The molecule has 19 heavy (non-hydrogen) atoms. The van der Waals surface area contributed by atoms with Crippen LogP contribution in [0.1, 0.15) is 34.8 Å². The predicted molar refractivity (Wildman–Crippen MR) is 75.1 cm³/mol. The molecule has 0 bridgehead atoms. The second-order valence-electron chi connectivity index (χ2n) is 5.27. The molecular weight excluding hydrogens is 260 g/mol. The van der Waals surface area contributed by atoms with Gasteiger partial charge in [0, 0.05) is 37.6 Å². The maximum Gasteiger partial charge on any atom is 0.273 e. The van der Waals surface area contributed by atoms with Crippen LogP contribution in [0.15, 0.2) is 5.38 Å². The summed E-state index contributed by atoms with van der Waals surface area (Å²) < 4.78 is 0. The van der Waals surface area contributed by atoms with Crippen molar-refractivity contribution in [3.8, 4) is 0 Å². The van der Waals surface area contributed by atoms with Crippen LogP contribution in [0.5, 0.6) is 0 Å². The van der Waals surface area contributed by atoms with Crippen molar-refractivity contribution in [2.24, 2.45) is 5.73 Å². The topological polar surface area (TPSA) is 62.5 Å². The van der Waals surface area contributed by atoms with Gasteiger partial charge in [0.15, 0.2) is 0 Å². The lowest BCUT2D eigenvalue weighted by Gasteiger charge is -2.43. The van der Waals surface area contributed by atoms with Gasteiger partial charge in [0.1, 0.15) is 10.7 Å². The average Bonchev–Trinajstić information content (AvgIpc) is 2.95. The first-order valence-corrected chi connectivity index (χ1v) is 7.83. The summed E-state index contributed by atoms with van der Waals surface area (Å²) in [5.41, 5.74) is 6.11. The Labute approximate surface area is 117 Å². The lowest BCUT2D eigenvalue weighted by atomic mass is 9.99. The summed E-state index contributed by atoms with van der Waals surface area (Å²) in [7, 11) is 0. The van der Waals surface area contributed by atoms with Crippen LogP contribution < -0.4 is 5.73 Å². The smallest absolute Gasteiger partial charge is 0.273 e. The number of aromatic nitrogens is 1. The quantitative estimate of drug-likeness (QED) is 0.875. The first-order valence-electron chi connectivity index (χ1n) is 6.95. The number of piperazine rings is 1. The van der Waals surface area contributed by atoms with Gasteiger partial charge in [-0.15, -0.1) is 11.3 Å². The summed E-state index contributed by atoms with van der Waals surface area (Å²) in [6.45, 7) is 4.29. The van der Waals surface area contributed by atoms with Crippen LogP contribution in [-0.4, -0.2) is 52.9 Å². The Bertz CT molecular complexity index is 461. The molecule has 5 nitrogen and oxygen atoms in total. The molecule has 0 aliphatic carbocycles. The summed E-state index contributed by atoms with van der Waals surface area (Å²) in [5.74, 6) is 0.0705. The minimum absolute atomic E-state index is 0.0705. The highest BCUT2D eigenvalue weighted by atomic mass is 32.1. The van der Waals surface area contributed by atoms with Crippen molar-refractivity contribution >= 4 is 17.2 Å². The number of carbonyl (C=O) groups excluding carboxylic acids is 1. The third-order valence-electron chi connectivity index (χ3n) is 4.07. The number of rotatable bonds is 2. The SMILES string of the molecule is NCc1nc(C(=O)N2CCN3CCCCC3C2)cs1. The maximum absolute atomic E-state index is 12.4. The molecule has 0 spiro atoms. The fourth-order valence-corrected chi connectivity index (χ4v) is 3.65. The fourth-order valence-electron chi connectivity index (χ4n) is 3.01. The van der Waals surface area contributed by atoms with Crippen LogP contribution in [0.2, 0.25) is 0 Å². The largest absolute Gasteiger partial charge is 0.334 e. The zero-order chi connectivity index (χ0) is 13.2. The van der Waals surface area contributed by atoms with Crippen LogP contribution in [0, 0.1) is 0 Å². The Hall–Kier alpha value is -0.980. The lowest BCUT2D eigenvalue weighted by molar-refractivity contribution is 0.0369. The Balaban J connectivity index is 1.67. The van der Waals surface area contributed by atoms with E-state index < -0.39 is 0 Å². The molecule has 2 fully saturated rings. The molecular formula is C13H20N4OS. The molecule has 0 aromatic carbocycles. The summed E-state index contributed by atoms with van der Waals surface area (Å²) in [6.07, 6.45) is 3.81. The van der Waals surface area contributed by atoms with E-state index in [4.69, 9.17) is 5.73 Å². The second kappa shape index (κ2) is 5.56. The molecule has 1 aromatic rings. The first kappa shape index (κ1) is 13.0. The number of piperidine rings is 1. The molecule has 0 radical (unpaired) electrons. The number of nitrogens with zero attached hydrogens (tertiary/aromatic N) is 3. The van der Waals surface area contributed by atoms with Crippen molar-refractivity contribution < 1.29 is 4.79 Å². The second-order valence-corrected chi connectivity index (χ2v) is 6.21. The van der Waals surface area contributed by atoms with Gasteiger partial charge in [-0.3, -0.25) is 9.69 Å². The van der Waals surface area contributed by atoms with E-state index in [9.17, 15) is 4.79 Å². The van der Waals surface area contributed by atoms with Crippen molar-refractivity contribution in [2.75, 3.05) is 26.2 Å². The first-order chi connectivity index (χ1) is 9.28. The van der Waals surface area contributed by atoms with Crippen molar-refractivity contribution in [2.45, 2.75) is 31.8 Å². The van der Waals surface area contributed by atoms with Gasteiger partial charge in [-0.25, -0.2) is 4.98 Å². The van der Waals surface area contributed by atoms with Crippen LogP contribution in [0.25, 0.3) is 0 Å². The molecule has 1 aromatic heterocycles. The van der Waals surface area contributed by atoms with E-state index >= 15 is 0 Å². The average molecular weight is 280 g/mol. The molecule has 2 aliphatic rings. The molecule has 3 rings (SSSR count). The zero-order valence-electron chi connectivity index (χ0n) is 11.0. The summed E-state index contributed by atoms with van der Waals surface area (Å²) in [6, 6.07) is 0.555. The summed E-state index contributed by atoms with van der Waals surface area (Å²) in [5, 5.41) is 2.66. The van der Waals surface area contributed by atoms with E-state index in [-0.39, 0.29) is 5.91 Å². The Morgan fingerprint density at radius 2 is 2.32 bits per heavy atom. The minimum atomic E-state index is 0.0705. The predicted octanol–water partition coefficient (Wildman–Crippen LogP) is 0.912. The Morgan fingerprint density at radius 3 is 3.11 bits per heavy atom. The summed E-state index contributed by atoms with van der Waals surface area (Å²) in [4.78, 5) is 21.2. The fraction of sp³-hybridized carbons (Fsp3) is 0.692. The highest BCUT2D eigenvalue weighted by Gasteiger charge is 2.31. The molecule has 1 unspecified atom stereocenters. The van der Waals surface area contributed by atoms with E-state index in [0.29, 0.717) is 18.3 Å². The number of carbonyl (C=O) groups is 1. The number of hydrogen-bond acceptors (Lipinski definition) is 5. The third kappa shape index (κ3) is 2.66. The van der Waals surface area contributed by atoms with E-state index in [0.717, 1.165) is 24.6 Å². The Morgan fingerprint density at radius 1 is 1.42 bits per heavy atom. The van der Waals surface area contributed by atoms with Crippen molar-refractivity contribution in [3.63, 3.8) is 0 Å². The normalized spacial score (nSPS) is 24.3. The zero-order valence-corrected chi connectivity index (χ0v) is 11.9. The van der Waals surface area contributed by atoms with Crippen molar-refractivity contribution in [1.29, 1.82) is 0 Å². The summed E-state index contributed by atoms with van der Waals surface area (Å²) >= 11 is 1.47. The maximum atomic E-state index is 12.4. The van der Waals surface area contributed by atoms with Gasteiger partial charge in [-0.1, -0.05) is 6.42 Å². The highest BCUT2D eigenvalue weighted by molar-refractivity contribution is 7.09. The number of amides is 1. The minimum Gasteiger partial charge on any atom is -0.334 e. The van der Waals surface area contributed by atoms with Crippen LogP contribution in [0.4, 0.5) is 0 Å². The molecule has 6 heteroatoms. The van der Waals surface area contributed by atoms with E-state index in [2.05, 4.69) is 9.88 Å². The number of thiazole rings is 1. The number of nitrogens with two attached hydrogens (primary N) is 1. The van der Waals surface area contributed by atoms with E-state index in [1.807, 2.05) is 10.3 Å². The number of fused-ring (bicyclic) bond motifs is 1. The number of hydrogen-bond donors (Lipinski definition) is 1.